The molecule has 1 atom stereocenters. The molecule has 148 valence electrons. The number of aromatic nitrogens is 2. The second kappa shape index (κ2) is 11.2. The smallest absolute Gasteiger partial charge is 0.191 e. The fourth-order valence-electron chi connectivity index (χ4n) is 3.68. The van der Waals surface area contributed by atoms with E-state index < -0.39 is 0 Å². The van der Waals surface area contributed by atoms with Crippen molar-refractivity contribution in [3.8, 4) is 0 Å². The van der Waals surface area contributed by atoms with Crippen LogP contribution < -0.4 is 10.6 Å². The summed E-state index contributed by atoms with van der Waals surface area (Å²) in [6.07, 6.45) is 7.31. The molecule has 0 bridgehead atoms. The molecule has 1 aromatic rings. The van der Waals surface area contributed by atoms with Crippen molar-refractivity contribution in [2.24, 2.45) is 18.0 Å². The van der Waals surface area contributed by atoms with Crippen molar-refractivity contribution < 1.29 is 4.74 Å². The summed E-state index contributed by atoms with van der Waals surface area (Å²) in [5.74, 6) is 1.56. The second-order valence-electron chi connectivity index (χ2n) is 6.94. The molecule has 0 aliphatic carbocycles. The molecule has 2 rings (SSSR count). The Morgan fingerprint density at radius 3 is 2.58 bits per heavy atom. The Bertz CT molecular complexity index is 534. The molecule has 2 heterocycles. The minimum atomic E-state index is 0.519. The summed E-state index contributed by atoms with van der Waals surface area (Å²) < 4.78 is 7.37. The number of nitrogens with one attached hydrogen (secondary N) is 2. The number of nitrogens with zero attached hydrogens (tertiary/aromatic N) is 4. The van der Waals surface area contributed by atoms with Crippen LogP contribution in [-0.4, -0.2) is 73.1 Å². The predicted octanol–water partition coefficient (Wildman–Crippen LogP) is 1.26. The van der Waals surface area contributed by atoms with Gasteiger partial charge in [-0.3, -0.25) is 14.6 Å². The molecule has 1 aliphatic rings. The lowest BCUT2D eigenvalue weighted by Crippen LogP contribution is -2.53. The van der Waals surface area contributed by atoms with Crippen molar-refractivity contribution in [2.45, 2.75) is 39.2 Å². The van der Waals surface area contributed by atoms with E-state index in [1.165, 1.54) is 18.4 Å². The largest absolute Gasteiger partial charge is 0.379 e. The number of ether oxygens (including phenoxy) is 1. The van der Waals surface area contributed by atoms with Crippen LogP contribution >= 0.6 is 0 Å². The van der Waals surface area contributed by atoms with Gasteiger partial charge in [0.2, 0.25) is 0 Å². The zero-order valence-corrected chi connectivity index (χ0v) is 16.9. The topological polar surface area (TPSA) is 66.7 Å². The summed E-state index contributed by atoms with van der Waals surface area (Å²) in [5.41, 5.74) is 1.23. The van der Waals surface area contributed by atoms with Gasteiger partial charge in [-0.2, -0.15) is 5.10 Å². The molecule has 2 N–H and O–H groups in total. The van der Waals surface area contributed by atoms with E-state index in [2.05, 4.69) is 45.7 Å². The molecule has 0 radical (unpaired) electrons. The van der Waals surface area contributed by atoms with Gasteiger partial charge in [0.15, 0.2) is 5.96 Å². The highest BCUT2D eigenvalue weighted by atomic mass is 16.5. The first kappa shape index (κ1) is 20.7. The highest BCUT2D eigenvalue weighted by molar-refractivity contribution is 5.79. The number of hydrogen-bond donors (Lipinski definition) is 2. The lowest BCUT2D eigenvalue weighted by Gasteiger charge is -2.39. The fraction of sp³-hybridized carbons (Fsp3) is 0.789. The predicted molar refractivity (Wildman–Crippen MR) is 107 cm³/mol. The van der Waals surface area contributed by atoms with Crippen LogP contribution in [0.25, 0.3) is 0 Å². The fourth-order valence-corrected chi connectivity index (χ4v) is 3.68. The van der Waals surface area contributed by atoms with E-state index in [1.807, 2.05) is 25.0 Å². The van der Waals surface area contributed by atoms with Crippen LogP contribution in [0.1, 0.15) is 32.3 Å². The zero-order valence-electron chi connectivity index (χ0n) is 16.9. The van der Waals surface area contributed by atoms with Crippen LogP contribution in [0.15, 0.2) is 17.4 Å². The van der Waals surface area contributed by atoms with Gasteiger partial charge in [0.25, 0.3) is 0 Å². The van der Waals surface area contributed by atoms with Crippen LogP contribution in [-0.2, 0) is 18.2 Å². The van der Waals surface area contributed by atoms with E-state index in [0.717, 1.165) is 51.8 Å². The average molecular weight is 365 g/mol. The Balaban J connectivity index is 1.83. The van der Waals surface area contributed by atoms with Gasteiger partial charge in [0, 0.05) is 52.5 Å². The first-order chi connectivity index (χ1) is 12.7. The minimum Gasteiger partial charge on any atom is -0.379 e. The van der Waals surface area contributed by atoms with Gasteiger partial charge in [-0.25, -0.2) is 0 Å². The van der Waals surface area contributed by atoms with Crippen molar-refractivity contribution in [3.63, 3.8) is 0 Å². The van der Waals surface area contributed by atoms with E-state index >= 15 is 0 Å². The minimum absolute atomic E-state index is 0.519. The van der Waals surface area contributed by atoms with Gasteiger partial charge in [-0.05, 0) is 17.9 Å². The quantitative estimate of drug-likeness (QED) is 0.510. The first-order valence-corrected chi connectivity index (χ1v) is 9.91. The molecule has 1 unspecified atom stereocenters. The van der Waals surface area contributed by atoms with Gasteiger partial charge >= 0.3 is 0 Å². The summed E-state index contributed by atoms with van der Waals surface area (Å²) in [7, 11) is 3.78. The molecule has 0 aromatic carbocycles. The third-order valence-electron chi connectivity index (χ3n) is 5.27. The molecular formula is C19H36N6O. The van der Waals surface area contributed by atoms with E-state index in [9.17, 15) is 0 Å². The van der Waals surface area contributed by atoms with Gasteiger partial charge in [-0.15, -0.1) is 0 Å². The SMILES string of the molecule is CCC(CC)C(CNC(=NC)NCCc1cnn(C)c1)N1CCOCC1. The Morgan fingerprint density at radius 2 is 2.00 bits per heavy atom. The normalized spacial score (nSPS) is 17.5. The summed E-state index contributed by atoms with van der Waals surface area (Å²) in [6.45, 7) is 10.1. The Kier molecular flexibility index (Phi) is 8.91. The molecule has 26 heavy (non-hydrogen) atoms. The Hall–Kier alpha value is -1.60. The van der Waals surface area contributed by atoms with Gasteiger partial charge in [0.1, 0.15) is 0 Å². The van der Waals surface area contributed by atoms with Crippen molar-refractivity contribution in [2.75, 3.05) is 46.4 Å². The summed E-state index contributed by atoms with van der Waals surface area (Å²) in [4.78, 5) is 6.96. The molecule has 1 saturated heterocycles. The lowest BCUT2D eigenvalue weighted by atomic mass is 9.92. The van der Waals surface area contributed by atoms with E-state index in [0.29, 0.717) is 12.0 Å². The van der Waals surface area contributed by atoms with E-state index in [4.69, 9.17) is 4.74 Å². The number of morpholine rings is 1. The number of aryl methyl sites for hydroxylation is 1. The van der Waals surface area contributed by atoms with Crippen LogP contribution in [0.4, 0.5) is 0 Å². The zero-order chi connectivity index (χ0) is 18.8. The van der Waals surface area contributed by atoms with Gasteiger partial charge < -0.3 is 15.4 Å². The maximum atomic E-state index is 5.54. The molecule has 1 aromatic heterocycles. The van der Waals surface area contributed by atoms with Crippen LogP contribution in [0, 0.1) is 5.92 Å². The van der Waals surface area contributed by atoms with Crippen molar-refractivity contribution >= 4 is 5.96 Å². The molecule has 0 saturated carbocycles. The highest BCUT2D eigenvalue weighted by Gasteiger charge is 2.26. The Morgan fingerprint density at radius 1 is 1.27 bits per heavy atom. The third kappa shape index (κ3) is 6.29. The van der Waals surface area contributed by atoms with Crippen molar-refractivity contribution in [1.82, 2.24) is 25.3 Å². The molecular weight excluding hydrogens is 328 g/mol. The second-order valence-corrected chi connectivity index (χ2v) is 6.94. The van der Waals surface area contributed by atoms with Gasteiger partial charge in [-0.1, -0.05) is 26.7 Å². The van der Waals surface area contributed by atoms with Crippen molar-refractivity contribution in [1.29, 1.82) is 0 Å². The van der Waals surface area contributed by atoms with Crippen LogP contribution in [0.3, 0.4) is 0 Å². The summed E-state index contributed by atoms with van der Waals surface area (Å²) >= 11 is 0. The molecule has 7 heteroatoms. The van der Waals surface area contributed by atoms with Gasteiger partial charge in [0.05, 0.1) is 19.4 Å². The molecule has 0 amide bonds. The van der Waals surface area contributed by atoms with E-state index in [1.54, 1.807) is 0 Å². The maximum Gasteiger partial charge on any atom is 0.191 e. The Labute approximate surface area is 158 Å². The van der Waals surface area contributed by atoms with E-state index in [-0.39, 0.29) is 0 Å². The highest BCUT2D eigenvalue weighted by Crippen LogP contribution is 2.19. The monoisotopic (exact) mass is 364 g/mol. The molecule has 1 aliphatic heterocycles. The molecule has 7 nitrogen and oxygen atoms in total. The number of aliphatic imine (C=N–C) groups is 1. The van der Waals surface area contributed by atoms with Crippen molar-refractivity contribution in [3.05, 3.63) is 18.0 Å². The number of hydrogen-bond acceptors (Lipinski definition) is 4. The number of rotatable bonds is 9. The average Bonchev–Trinajstić information content (AvgIpc) is 3.09. The summed E-state index contributed by atoms with van der Waals surface area (Å²) in [6, 6.07) is 0.519. The maximum absolute atomic E-state index is 5.54. The molecule has 0 spiro atoms. The number of guanidine groups is 1. The molecule has 1 fully saturated rings. The standard InChI is InChI=1S/C19H36N6O/c1-5-17(6-2)18(25-9-11-26-12-10-25)14-22-19(20-3)21-8-7-16-13-23-24(4)15-16/h13,15,17-18H,5-12,14H2,1-4H3,(H2,20,21,22). The van der Waals surface area contributed by atoms with Crippen LogP contribution in [0.2, 0.25) is 0 Å². The lowest BCUT2D eigenvalue weighted by molar-refractivity contribution is 0.00272. The third-order valence-corrected chi connectivity index (χ3v) is 5.27. The summed E-state index contributed by atoms with van der Waals surface area (Å²) in [5, 5.41) is 11.2. The first-order valence-electron chi connectivity index (χ1n) is 9.91. The van der Waals surface area contributed by atoms with Crippen LogP contribution in [0.5, 0.6) is 0 Å².